The summed E-state index contributed by atoms with van der Waals surface area (Å²) in [7, 11) is 0. The molecule has 7 nitrogen and oxygen atoms in total. The van der Waals surface area contributed by atoms with Crippen LogP contribution in [0.3, 0.4) is 0 Å². The Kier molecular flexibility index (Phi) is 3.72. The van der Waals surface area contributed by atoms with Crippen molar-refractivity contribution in [1.82, 2.24) is 25.0 Å². The summed E-state index contributed by atoms with van der Waals surface area (Å²) in [5, 5.41) is 6.62. The number of H-pyrrole nitrogens is 2. The molecule has 0 unspecified atom stereocenters. The first-order valence-electron chi connectivity index (χ1n) is 7.98. The summed E-state index contributed by atoms with van der Waals surface area (Å²) in [6, 6.07) is 9.52. The quantitative estimate of drug-likeness (QED) is 0.743. The first-order valence-corrected chi connectivity index (χ1v) is 7.98. The molecule has 25 heavy (non-hydrogen) atoms. The first-order chi connectivity index (χ1) is 12.1. The first kappa shape index (κ1) is 15.4. The molecule has 1 aromatic carbocycles. The van der Waals surface area contributed by atoms with Crippen LogP contribution in [0.25, 0.3) is 10.9 Å². The van der Waals surface area contributed by atoms with Gasteiger partial charge < -0.3 is 14.8 Å². The van der Waals surface area contributed by atoms with E-state index in [0.29, 0.717) is 31.9 Å². The Balaban J connectivity index is 1.43. The smallest absolute Gasteiger partial charge is 0.270 e. The van der Waals surface area contributed by atoms with Crippen molar-refractivity contribution in [2.24, 2.45) is 0 Å². The van der Waals surface area contributed by atoms with Crippen LogP contribution in [0, 0.1) is 5.95 Å². The summed E-state index contributed by atoms with van der Waals surface area (Å²) in [5.41, 5.74) is 1.37. The van der Waals surface area contributed by atoms with Gasteiger partial charge in [0.25, 0.3) is 11.8 Å². The van der Waals surface area contributed by atoms with Crippen LogP contribution in [-0.2, 0) is 0 Å². The van der Waals surface area contributed by atoms with Crippen LogP contribution >= 0.6 is 0 Å². The molecule has 3 heterocycles. The number of nitrogens with zero attached hydrogens (tertiary/aromatic N) is 3. The minimum absolute atomic E-state index is 0.0737. The van der Waals surface area contributed by atoms with Crippen LogP contribution in [-0.4, -0.2) is 63.0 Å². The van der Waals surface area contributed by atoms with E-state index in [9.17, 15) is 14.0 Å². The van der Waals surface area contributed by atoms with Crippen LogP contribution in [0.5, 0.6) is 0 Å². The van der Waals surface area contributed by atoms with Gasteiger partial charge in [-0.05, 0) is 12.1 Å². The van der Waals surface area contributed by atoms with Gasteiger partial charge in [-0.3, -0.25) is 14.7 Å². The minimum atomic E-state index is -0.735. The van der Waals surface area contributed by atoms with Gasteiger partial charge in [0.1, 0.15) is 11.3 Å². The maximum Gasteiger partial charge on any atom is 0.270 e. The largest absolute Gasteiger partial charge is 0.351 e. The number of hydrogen-bond donors (Lipinski definition) is 2. The normalized spacial score (nSPS) is 14.9. The number of para-hydroxylation sites is 1. The molecular formula is C17H16FN5O2. The molecule has 0 spiro atoms. The number of rotatable bonds is 2. The van der Waals surface area contributed by atoms with Crippen molar-refractivity contribution in [3.05, 3.63) is 53.7 Å². The fourth-order valence-electron chi connectivity index (χ4n) is 3.06. The van der Waals surface area contributed by atoms with Crippen molar-refractivity contribution >= 4 is 22.7 Å². The lowest BCUT2D eigenvalue weighted by atomic mass is 10.2. The van der Waals surface area contributed by atoms with Crippen molar-refractivity contribution in [3.8, 4) is 0 Å². The van der Waals surface area contributed by atoms with Gasteiger partial charge in [0, 0.05) is 37.1 Å². The predicted octanol–water partition coefficient (Wildman–Crippen LogP) is 1.63. The maximum absolute atomic E-state index is 13.4. The second kappa shape index (κ2) is 6.04. The number of carbonyl (C=O) groups excluding carboxylic acids is 2. The number of amides is 2. The summed E-state index contributed by atoms with van der Waals surface area (Å²) in [6.45, 7) is 1.52. The maximum atomic E-state index is 13.4. The van der Waals surface area contributed by atoms with E-state index in [2.05, 4.69) is 15.2 Å². The molecule has 1 saturated heterocycles. The van der Waals surface area contributed by atoms with E-state index in [1.165, 1.54) is 11.1 Å². The summed E-state index contributed by atoms with van der Waals surface area (Å²) in [6.07, 6.45) is 1.18. The van der Waals surface area contributed by atoms with Crippen molar-refractivity contribution < 1.29 is 14.0 Å². The number of hydrogen-bond acceptors (Lipinski definition) is 3. The average Bonchev–Trinajstić information content (AvgIpc) is 3.26. The summed E-state index contributed by atoms with van der Waals surface area (Å²) in [5.74, 6) is -1.25. The molecule has 1 fully saturated rings. The van der Waals surface area contributed by atoms with Gasteiger partial charge in [0.05, 0.1) is 6.20 Å². The minimum Gasteiger partial charge on any atom is -0.351 e. The Morgan fingerprint density at radius 3 is 2.36 bits per heavy atom. The number of benzene rings is 1. The van der Waals surface area contributed by atoms with Gasteiger partial charge in [-0.25, -0.2) is 0 Å². The van der Waals surface area contributed by atoms with E-state index >= 15 is 0 Å². The zero-order valence-corrected chi connectivity index (χ0v) is 13.3. The lowest BCUT2D eigenvalue weighted by Crippen LogP contribution is -2.50. The van der Waals surface area contributed by atoms with E-state index in [-0.39, 0.29) is 11.5 Å². The highest BCUT2D eigenvalue weighted by atomic mass is 19.1. The van der Waals surface area contributed by atoms with E-state index in [1.54, 1.807) is 4.90 Å². The highest BCUT2D eigenvalue weighted by Crippen LogP contribution is 2.17. The Hall–Kier alpha value is -3.16. The third-order valence-corrected chi connectivity index (χ3v) is 4.44. The van der Waals surface area contributed by atoms with E-state index in [0.717, 1.165) is 10.9 Å². The topological polar surface area (TPSA) is 85.1 Å². The molecule has 0 saturated carbocycles. The zero-order chi connectivity index (χ0) is 17.4. The molecule has 2 N–H and O–H groups in total. The predicted molar refractivity (Wildman–Crippen MR) is 88.7 cm³/mol. The molecule has 1 aliphatic heterocycles. The highest BCUT2D eigenvalue weighted by molar-refractivity contribution is 5.98. The monoisotopic (exact) mass is 341 g/mol. The van der Waals surface area contributed by atoms with Crippen molar-refractivity contribution in [1.29, 1.82) is 0 Å². The highest BCUT2D eigenvalue weighted by Gasteiger charge is 2.28. The summed E-state index contributed by atoms with van der Waals surface area (Å²) < 4.78 is 13.4. The van der Waals surface area contributed by atoms with E-state index in [1.807, 2.05) is 30.3 Å². The average molecular weight is 341 g/mol. The number of aromatic nitrogens is 3. The van der Waals surface area contributed by atoms with E-state index < -0.39 is 11.9 Å². The van der Waals surface area contributed by atoms with Crippen LogP contribution in [0.15, 0.2) is 36.5 Å². The van der Waals surface area contributed by atoms with Crippen LogP contribution in [0.4, 0.5) is 4.39 Å². The molecule has 0 atom stereocenters. The fourth-order valence-corrected chi connectivity index (χ4v) is 3.06. The molecule has 8 heteroatoms. The number of halogens is 1. The Morgan fingerprint density at radius 1 is 1.04 bits per heavy atom. The molecule has 2 aromatic heterocycles. The Morgan fingerprint density at radius 2 is 1.72 bits per heavy atom. The molecule has 128 valence electrons. The SMILES string of the molecule is O=C(c1cc2ccccc2[nH]1)N1CCN(C(=O)c2cn[nH]c2F)CC1. The Labute approximate surface area is 142 Å². The number of piperazine rings is 1. The summed E-state index contributed by atoms with van der Waals surface area (Å²) in [4.78, 5) is 31.3. The van der Waals surface area contributed by atoms with Crippen molar-refractivity contribution in [2.45, 2.75) is 0 Å². The molecule has 2 amide bonds. The lowest BCUT2D eigenvalue weighted by Gasteiger charge is -2.34. The molecular weight excluding hydrogens is 325 g/mol. The van der Waals surface area contributed by atoms with Gasteiger partial charge in [-0.1, -0.05) is 18.2 Å². The van der Waals surface area contributed by atoms with Crippen molar-refractivity contribution in [3.63, 3.8) is 0 Å². The van der Waals surface area contributed by atoms with Crippen LogP contribution in [0.1, 0.15) is 20.8 Å². The molecule has 0 radical (unpaired) electrons. The third-order valence-electron chi connectivity index (χ3n) is 4.44. The van der Waals surface area contributed by atoms with Gasteiger partial charge in [0.15, 0.2) is 0 Å². The molecule has 0 bridgehead atoms. The van der Waals surface area contributed by atoms with E-state index in [4.69, 9.17) is 0 Å². The molecule has 1 aliphatic rings. The molecule has 4 rings (SSSR count). The third kappa shape index (κ3) is 2.75. The number of carbonyl (C=O) groups is 2. The molecule has 0 aliphatic carbocycles. The van der Waals surface area contributed by atoms with Gasteiger partial charge in [-0.2, -0.15) is 9.49 Å². The number of fused-ring (bicyclic) bond motifs is 1. The van der Waals surface area contributed by atoms with Gasteiger partial charge in [0.2, 0.25) is 5.95 Å². The second-order valence-corrected chi connectivity index (χ2v) is 5.95. The zero-order valence-electron chi connectivity index (χ0n) is 13.3. The van der Waals surface area contributed by atoms with Gasteiger partial charge in [-0.15, -0.1) is 0 Å². The number of nitrogens with one attached hydrogen (secondary N) is 2. The molecule has 3 aromatic rings. The second-order valence-electron chi connectivity index (χ2n) is 5.95. The van der Waals surface area contributed by atoms with Crippen LogP contribution < -0.4 is 0 Å². The van der Waals surface area contributed by atoms with Gasteiger partial charge >= 0.3 is 0 Å². The Bertz CT molecular complexity index is 906. The number of aromatic amines is 2. The lowest BCUT2D eigenvalue weighted by molar-refractivity contribution is 0.0530. The van der Waals surface area contributed by atoms with Crippen LogP contribution in [0.2, 0.25) is 0 Å². The van der Waals surface area contributed by atoms with Crippen molar-refractivity contribution in [2.75, 3.05) is 26.2 Å². The fraction of sp³-hybridized carbons (Fsp3) is 0.235. The standard InChI is InChI=1S/C17H16FN5O2/c18-15-12(10-19-21-15)16(24)22-5-7-23(8-6-22)17(25)14-9-11-3-1-2-4-13(11)20-14/h1-4,9-10,20H,5-8H2,(H,19,21). The summed E-state index contributed by atoms with van der Waals surface area (Å²) >= 11 is 0.